The van der Waals surface area contributed by atoms with Crippen molar-refractivity contribution >= 4 is 16.7 Å². The normalized spacial score (nSPS) is 19.3. The molecule has 19 heavy (non-hydrogen) atoms. The molecule has 1 saturated heterocycles. The fourth-order valence-electron chi connectivity index (χ4n) is 2.74. The molecule has 2 aromatic carbocycles. The van der Waals surface area contributed by atoms with E-state index >= 15 is 0 Å². The summed E-state index contributed by atoms with van der Waals surface area (Å²) >= 11 is 0. The molecular formula is C16H17NO2. The van der Waals surface area contributed by atoms with E-state index in [1.165, 1.54) is 16.3 Å². The highest BCUT2D eigenvalue weighted by Gasteiger charge is 2.28. The van der Waals surface area contributed by atoms with Crippen molar-refractivity contribution in [3.8, 4) is 0 Å². The van der Waals surface area contributed by atoms with Crippen molar-refractivity contribution in [1.29, 1.82) is 0 Å². The zero-order valence-electron chi connectivity index (χ0n) is 10.7. The summed E-state index contributed by atoms with van der Waals surface area (Å²) in [6.07, 6.45) is 1.22. The third-order valence-electron chi connectivity index (χ3n) is 3.80. The Balaban J connectivity index is 1.80. The van der Waals surface area contributed by atoms with E-state index in [0.29, 0.717) is 19.4 Å². The molecule has 1 aliphatic heterocycles. The Labute approximate surface area is 112 Å². The SMILES string of the molecule is O=C1CCC(O)N1CCc1cccc2ccccc12. The number of carbonyl (C=O) groups is 1. The molecule has 0 aliphatic carbocycles. The van der Waals surface area contributed by atoms with Crippen LogP contribution in [-0.2, 0) is 11.2 Å². The number of hydrogen-bond acceptors (Lipinski definition) is 2. The first-order valence-electron chi connectivity index (χ1n) is 6.70. The second kappa shape index (κ2) is 5.02. The number of carbonyl (C=O) groups excluding carboxylic acids is 1. The second-order valence-corrected chi connectivity index (χ2v) is 4.99. The zero-order valence-corrected chi connectivity index (χ0v) is 10.7. The van der Waals surface area contributed by atoms with Crippen LogP contribution in [0.25, 0.3) is 10.8 Å². The molecule has 1 heterocycles. The number of aliphatic hydroxyl groups excluding tert-OH is 1. The number of aliphatic hydroxyl groups is 1. The molecular weight excluding hydrogens is 238 g/mol. The Morgan fingerprint density at radius 1 is 1.16 bits per heavy atom. The Hall–Kier alpha value is -1.87. The van der Waals surface area contributed by atoms with Crippen LogP contribution in [0.1, 0.15) is 18.4 Å². The average Bonchev–Trinajstić information content (AvgIpc) is 2.76. The molecule has 1 unspecified atom stereocenters. The van der Waals surface area contributed by atoms with Gasteiger partial charge in [-0.3, -0.25) is 4.79 Å². The van der Waals surface area contributed by atoms with Crippen LogP contribution in [0.3, 0.4) is 0 Å². The maximum atomic E-state index is 11.6. The van der Waals surface area contributed by atoms with Crippen LogP contribution in [0.5, 0.6) is 0 Å². The van der Waals surface area contributed by atoms with E-state index in [2.05, 4.69) is 24.3 Å². The summed E-state index contributed by atoms with van der Waals surface area (Å²) in [5.41, 5.74) is 1.23. The quantitative estimate of drug-likeness (QED) is 0.914. The molecule has 98 valence electrons. The number of nitrogens with zero attached hydrogens (tertiary/aromatic N) is 1. The molecule has 0 radical (unpaired) electrons. The van der Waals surface area contributed by atoms with Gasteiger partial charge in [-0.05, 0) is 22.8 Å². The third-order valence-corrected chi connectivity index (χ3v) is 3.80. The van der Waals surface area contributed by atoms with Crippen LogP contribution in [0.15, 0.2) is 42.5 Å². The van der Waals surface area contributed by atoms with Crippen molar-refractivity contribution < 1.29 is 9.90 Å². The predicted octanol–water partition coefficient (Wildman–Crippen LogP) is 2.32. The number of benzene rings is 2. The minimum Gasteiger partial charge on any atom is -0.374 e. The van der Waals surface area contributed by atoms with Crippen LogP contribution in [0, 0.1) is 0 Å². The van der Waals surface area contributed by atoms with Gasteiger partial charge < -0.3 is 10.0 Å². The van der Waals surface area contributed by atoms with Crippen LogP contribution in [-0.4, -0.2) is 28.7 Å². The topological polar surface area (TPSA) is 40.5 Å². The van der Waals surface area contributed by atoms with Gasteiger partial charge in [-0.25, -0.2) is 0 Å². The fourth-order valence-corrected chi connectivity index (χ4v) is 2.74. The molecule has 1 atom stereocenters. The summed E-state index contributed by atoms with van der Waals surface area (Å²) in [4.78, 5) is 13.2. The summed E-state index contributed by atoms with van der Waals surface area (Å²) in [6.45, 7) is 0.591. The lowest BCUT2D eigenvalue weighted by Crippen LogP contribution is -2.34. The van der Waals surface area contributed by atoms with Gasteiger partial charge in [-0.1, -0.05) is 42.5 Å². The van der Waals surface area contributed by atoms with Crippen molar-refractivity contribution in [1.82, 2.24) is 4.90 Å². The molecule has 1 amide bonds. The maximum Gasteiger partial charge on any atom is 0.224 e. The summed E-state index contributed by atoms with van der Waals surface area (Å²) in [5.74, 6) is 0.0627. The predicted molar refractivity (Wildman–Crippen MR) is 74.6 cm³/mol. The van der Waals surface area contributed by atoms with Crippen LogP contribution in [0.2, 0.25) is 0 Å². The van der Waals surface area contributed by atoms with E-state index in [4.69, 9.17) is 0 Å². The lowest BCUT2D eigenvalue weighted by atomic mass is 10.0. The van der Waals surface area contributed by atoms with Gasteiger partial charge in [0.1, 0.15) is 6.23 Å². The van der Waals surface area contributed by atoms with Crippen LogP contribution >= 0.6 is 0 Å². The van der Waals surface area contributed by atoms with Crippen molar-refractivity contribution in [2.45, 2.75) is 25.5 Å². The van der Waals surface area contributed by atoms with Gasteiger partial charge in [-0.15, -0.1) is 0 Å². The van der Waals surface area contributed by atoms with Crippen molar-refractivity contribution in [2.24, 2.45) is 0 Å². The Morgan fingerprint density at radius 3 is 2.74 bits per heavy atom. The summed E-state index contributed by atoms with van der Waals surface area (Å²) < 4.78 is 0. The molecule has 3 heteroatoms. The summed E-state index contributed by atoms with van der Waals surface area (Å²) in [5, 5.41) is 12.2. The number of fused-ring (bicyclic) bond motifs is 1. The van der Waals surface area contributed by atoms with Crippen molar-refractivity contribution in [3.05, 3.63) is 48.0 Å². The number of rotatable bonds is 3. The van der Waals surface area contributed by atoms with Gasteiger partial charge in [0.15, 0.2) is 0 Å². The van der Waals surface area contributed by atoms with Crippen molar-refractivity contribution in [3.63, 3.8) is 0 Å². The minimum atomic E-state index is -0.595. The number of likely N-dealkylation sites (tertiary alicyclic amines) is 1. The van der Waals surface area contributed by atoms with E-state index in [1.807, 2.05) is 18.2 Å². The Bertz CT molecular complexity index is 603. The van der Waals surface area contributed by atoms with E-state index in [0.717, 1.165) is 6.42 Å². The largest absolute Gasteiger partial charge is 0.374 e. The highest BCUT2D eigenvalue weighted by molar-refractivity contribution is 5.85. The molecule has 0 spiro atoms. The maximum absolute atomic E-state index is 11.6. The number of amides is 1. The molecule has 1 aliphatic rings. The van der Waals surface area contributed by atoms with Crippen LogP contribution < -0.4 is 0 Å². The van der Waals surface area contributed by atoms with Crippen molar-refractivity contribution in [2.75, 3.05) is 6.54 Å². The molecule has 0 bridgehead atoms. The fraction of sp³-hybridized carbons (Fsp3) is 0.312. The van der Waals surface area contributed by atoms with E-state index in [1.54, 1.807) is 4.90 Å². The van der Waals surface area contributed by atoms with Gasteiger partial charge in [0.05, 0.1) is 0 Å². The highest BCUT2D eigenvalue weighted by atomic mass is 16.3. The van der Waals surface area contributed by atoms with Crippen LogP contribution in [0.4, 0.5) is 0 Å². The molecule has 1 fully saturated rings. The first-order chi connectivity index (χ1) is 9.25. The van der Waals surface area contributed by atoms with Gasteiger partial charge in [-0.2, -0.15) is 0 Å². The minimum absolute atomic E-state index is 0.0627. The van der Waals surface area contributed by atoms with E-state index in [9.17, 15) is 9.90 Å². The molecule has 2 aromatic rings. The highest BCUT2D eigenvalue weighted by Crippen LogP contribution is 2.21. The smallest absolute Gasteiger partial charge is 0.224 e. The van der Waals surface area contributed by atoms with Gasteiger partial charge in [0.2, 0.25) is 5.91 Å². The van der Waals surface area contributed by atoms with E-state index in [-0.39, 0.29) is 5.91 Å². The summed E-state index contributed by atoms with van der Waals surface area (Å²) in [6, 6.07) is 14.5. The monoisotopic (exact) mass is 255 g/mol. The third kappa shape index (κ3) is 2.34. The average molecular weight is 255 g/mol. The lowest BCUT2D eigenvalue weighted by molar-refractivity contribution is -0.133. The Kier molecular flexibility index (Phi) is 3.22. The zero-order chi connectivity index (χ0) is 13.2. The molecule has 3 rings (SSSR count). The van der Waals surface area contributed by atoms with Gasteiger partial charge >= 0.3 is 0 Å². The molecule has 0 aromatic heterocycles. The lowest BCUT2D eigenvalue weighted by Gasteiger charge is -2.20. The molecule has 3 nitrogen and oxygen atoms in total. The molecule has 1 N–H and O–H groups in total. The molecule has 0 saturated carbocycles. The van der Waals surface area contributed by atoms with E-state index < -0.39 is 6.23 Å². The Morgan fingerprint density at radius 2 is 1.95 bits per heavy atom. The second-order valence-electron chi connectivity index (χ2n) is 4.99. The summed E-state index contributed by atoms with van der Waals surface area (Å²) in [7, 11) is 0. The van der Waals surface area contributed by atoms with Gasteiger partial charge in [0.25, 0.3) is 0 Å². The number of hydrogen-bond donors (Lipinski definition) is 1. The van der Waals surface area contributed by atoms with Gasteiger partial charge in [0, 0.05) is 19.4 Å². The standard InChI is InChI=1S/C16H17NO2/c18-15-8-9-16(19)17(15)11-10-13-6-3-5-12-4-1-2-7-14(12)13/h1-7,15,18H,8-11H2. The first-order valence-corrected chi connectivity index (χ1v) is 6.70. The first kappa shape index (κ1) is 12.2.